The van der Waals surface area contributed by atoms with E-state index in [0.717, 1.165) is 4.90 Å². The van der Waals surface area contributed by atoms with Gasteiger partial charge in [0.1, 0.15) is 0 Å². The molecule has 5 nitrogen and oxygen atoms in total. The summed E-state index contributed by atoms with van der Waals surface area (Å²) in [5.41, 5.74) is 0.385. The minimum atomic E-state index is -0.762. The molecule has 0 heterocycles. The van der Waals surface area contributed by atoms with Crippen LogP contribution in [0.4, 0.5) is 15.3 Å². The number of carbonyl (C=O) groups excluding carboxylic acids is 2. The van der Waals surface area contributed by atoms with Crippen molar-refractivity contribution in [1.82, 2.24) is 5.32 Å². The summed E-state index contributed by atoms with van der Waals surface area (Å²) in [5.74, 6) is 0. The zero-order valence-electron chi connectivity index (χ0n) is 8.86. The van der Waals surface area contributed by atoms with E-state index in [1.807, 2.05) is 0 Å². The van der Waals surface area contributed by atoms with Crippen LogP contribution in [0.25, 0.3) is 0 Å². The van der Waals surface area contributed by atoms with E-state index < -0.39 is 12.1 Å². The Morgan fingerprint density at radius 3 is 2.31 bits per heavy atom. The maximum Gasteiger partial charge on any atom is 0.422 e. The molecule has 0 aliphatic heterocycles. The van der Waals surface area contributed by atoms with Gasteiger partial charge in [-0.05, 0) is 24.3 Å². The molecular weight excluding hydrogens is 232 g/mol. The van der Waals surface area contributed by atoms with Gasteiger partial charge in [0.15, 0.2) is 0 Å². The number of urea groups is 1. The molecule has 16 heavy (non-hydrogen) atoms. The summed E-state index contributed by atoms with van der Waals surface area (Å²) in [6, 6.07) is 5.68. The largest absolute Gasteiger partial charge is 0.452 e. The summed E-state index contributed by atoms with van der Waals surface area (Å²) in [7, 11) is 2.63. The Morgan fingerprint density at radius 1 is 1.31 bits per heavy atom. The number of nitrogens with one attached hydrogen (secondary N) is 1. The van der Waals surface area contributed by atoms with Crippen molar-refractivity contribution in [3.63, 3.8) is 0 Å². The van der Waals surface area contributed by atoms with E-state index in [0.29, 0.717) is 10.7 Å². The number of benzene rings is 1. The van der Waals surface area contributed by atoms with Crippen molar-refractivity contribution in [2.45, 2.75) is 0 Å². The van der Waals surface area contributed by atoms with Crippen LogP contribution in [0.2, 0.25) is 5.02 Å². The van der Waals surface area contributed by atoms with Crippen molar-refractivity contribution >= 4 is 29.4 Å². The smallest absolute Gasteiger partial charge is 0.422 e. The Labute approximate surface area is 97.9 Å². The first-order valence-electron chi connectivity index (χ1n) is 4.45. The van der Waals surface area contributed by atoms with Crippen LogP contribution in [0, 0.1) is 0 Å². The number of rotatable bonds is 1. The molecule has 0 aliphatic carbocycles. The Kier molecular flexibility index (Phi) is 4.13. The lowest BCUT2D eigenvalue weighted by Gasteiger charge is -2.18. The van der Waals surface area contributed by atoms with Crippen LogP contribution in [-0.4, -0.2) is 26.3 Å². The average Bonchev–Trinajstić information content (AvgIpc) is 2.31. The molecule has 0 saturated carbocycles. The molecule has 6 heteroatoms. The van der Waals surface area contributed by atoms with E-state index >= 15 is 0 Å². The van der Waals surface area contributed by atoms with Crippen molar-refractivity contribution in [1.29, 1.82) is 0 Å². The first-order valence-corrected chi connectivity index (χ1v) is 4.83. The van der Waals surface area contributed by atoms with E-state index in [2.05, 4.69) is 10.1 Å². The van der Waals surface area contributed by atoms with Gasteiger partial charge in [-0.1, -0.05) is 11.6 Å². The highest BCUT2D eigenvalue weighted by Gasteiger charge is 2.22. The Balaban J connectivity index is 3.06. The number of halogens is 1. The molecule has 0 aliphatic rings. The quantitative estimate of drug-likeness (QED) is 0.822. The summed E-state index contributed by atoms with van der Waals surface area (Å²) in [6.45, 7) is 0. The van der Waals surface area contributed by atoms with E-state index in [-0.39, 0.29) is 0 Å². The average molecular weight is 243 g/mol. The molecule has 0 fully saturated rings. The van der Waals surface area contributed by atoms with Gasteiger partial charge in [-0.15, -0.1) is 0 Å². The van der Waals surface area contributed by atoms with Gasteiger partial charge < -0.3 is 10.1 Å². The van der Waals surface area contributed by atoms with Crippen LogP contribution < -0.4 is 10.2 Å². The van der Waals surface area contributed by atoms with E-state index in [1.165, 1.54) is 14.2 Å². The fourth-order valence-corrected chi connectivity index (χ4v) is 1.22. The molecule has 0 bridgehead atoms. The molecule has 1 N–H and O–H groups in total. The van der Waals surface area contributed by atoms with Gasteiger partial charge in [-0.3, -0.25) is 0 Å². The summed E-state index contributed by atoms with van der Waals surface area (Å²) in [4.78, 5) is 23.8. The molecule has 1 aromatic carbocycles. The first-order chi connectivity index (χ1) is 7.60. The standard InChI is InChI=1S/C10H11ClN2O3/c1-12-9(14)13(10(15)16-2)8-5-3-7(11)4-6-8/h3-6H,1-2H3,(H,12,14). The molecule has 0 unspecified atom stereocenters. The Hall–Kier alpha value is -1.75. The summed E-state index contributed by atoms with van der Waals surface area (Å²) < 4.78 is 4.51. The van der Waals surface area contributed by atoms with Gasteiger partial charge in [0, 0.05) is 12.1 Å². The number of hydrogen-bond acceptors (Lipinski definition) is 3. The number of nitrogens with zero attached hydrogens (tertiary/aromatic N) is 1. The van der Waals surface area contributed by atoms with Crippen molar-refractivity contribution < 1.29 is 14.3 Å². The second-order valence-electron chi connectivity index (χ2n) is 2.84. The minimum absolute atomic E-state index is 0.385. The molecule has 3 amide bonds. The molecule has 0 radical (unpaired) electrons. The zero-order valence-corrected chi connectivity index (χ0v) is 9.62. The number of amides is 3. The van der Waals surface area contributed by atoms with Crippen LogP contribution in [0.15, 0.2) is 24.3 Å². The third-order valence-corrected chi connectivity index (χ3v) is 2.11. The second kappa shape index (κ2) is 5.37. The summed E-state index contributed by atoms with van der Waals surface area (Å²) >= 11 is 5.71. The second-order valence-corrected chi connectivity index (χ2v) is 3.27. The van der Waals surface area contributed by atoms with Crippen LogP contribution in [-0.2, 0) is 4.74 Å². The normalized spacial score (nSPS) is 9.44. The molecule has 0 atom stereocenters. The van der Waals surface area contributed by atoms with Gasteiger partial charge in [0.05, 0.1) is 12.8 Å². The van der Waals surface area contributed by atoms with Gasteiger partial charge in [0.25, 0.3) is 0 Å². The van der Waals surface area contributed by atoms with Crippen LogP contribution in [0.1, 0.15) is 0 Å². The molecule has 1 rings (SSSR count). The maximum absolute atomic E-state index is 11.5. The highest BCUT2D eigenvalue weighted by Crippen LogP contribution is 2.18. The number of anilines is 1. The number of carbonyl (C=O) groups is 2. The third-order valence-electron chi connectivity index (χ3n) is 1.86. The number of hydrogen-bond donors (Lipinski definition) is 1. The van der Waals surface area contributed by atoms with Gasteiger partial charge in [-0.25, -0.2) is 9.59 Å². The van der Waals surface area contributed by atoms with Crippen molar-refractivity contribution in [3.05, 3.63) is 29.3 Å². The monoisotopic (exact) mass is 242 g/mol. The van der Waals surface area contributed by atoms with E-state index in [4.69, 9.17) is 11.6 Å². The minimum Gasteiger partial charge on any atom is -0.452 e. The van der Waals surface area contributed by atoms with Crippen molar-refractivity contribution in [2.75, 3.05) is 19.1 Å². The lowest BCUT2D eigenvalue weighted by Crippen LogP contribution is -2.42. The number of methoxy groups -OCH3 is 1. The lowest BCUT2D eigenvalue weighted by molar-refractivity contribution is 0.178. The summed E-state index contributed by atoms with van der Waals surface area (Å²) in [5, 5.41) is 2.87. The lowest BCUT2D eigenvalue weighted by atomic mass is 10.3. The zero-order chi connectivity index (χ0) is 12.1. The van der Waals surface area contributed by atoms with Crippen molar-refractivity contribution in [2.24, 2.45) is 0 Å². The van der Waals surface area contributed by atoms with Crippen LogP contribution in [0.3, 0.4) is 0 Å². The van der Waals surface area contributed by atoms with E-state index in [1.54, 1.807) is 24.3 Å². The van der Waals surface area contributed by atoms with Crippen molar-refractivity contribution in [3.8, 4) is 0 Å². The fourth-order valence-electron chi connectivity index (χ4n) is 1.10. The molecule has 86 valence electrons. The molecule has 1 aromatic rings. The SMILES string of the molecule is CNC(=O)N(C(=O)OC)c1ccc(Cl)cc1. The Bertz CT molecular complexity index is 376. The molecule has 0 spiro atoms. The number of imide groups is 1. The third kappa shape index (κ3) is 2.64. The molecule has 0 saturated heterocycles. The summed E-state index contributed by atoms with van der Waals surface area (Å²) in [6.07, 6.45) is -0.762. The van der Waals surface area contributed by atoms with Crippen LogP contribution in [0.5, 0.6) is 0 Å². The highest BCUT2D eigenvalue weighted by atomic mass is 35.5. The molecule has 0 aromatic heterocycles. The Morgan fingerprint density at radius 2 is 1.88 bits per heavy atom. The molecular formula is C10H11ClN2O3. The number of ether oxygens (including phenoxy) is 1. The van der Waals surface area contributed by atoms with Gasteiger partial charge in [-0.2, -0.15) is 4.90 Å². The van der Waals surface area contributed by atoms with Gasteiger partial charge >= 0.3 is 12.1 Å². The predicted molar refractivity (Wildman–Crippen MR) is 60.8 cm³/mol. The fraction of sp³-hybridized carbons (Fsp3) is 0.200. The van der Waals surface area contributed by atoms with E-state index in [9.17, 15) is 9.59 Å². The van der Waals surface area contributed by atoms with Crippen LogP contribution >= 0.6 is 11.6 Å². The van der Waals surface area contributed by atoms with Gasteiger partial charge in [0.2, 0.25) is 0 Å². The topological polar surface area (TPSA) is 58.6 Å². The maximum atomic E-state index is 11.5. The highest BCUT2D eigenvalue weighted by molar-refractivity contribution is 6.30. The first kappa shape index (κ1) is 12.3. The predicted octanol–water partition coefficient (Wildman–Crippen LogP) is 2.25.